The van der Waals surface area contributed by atoms with Crippen LogP contribution in [0, 0.1) is 11.2 Å². The molecule has 112 valence electrons. The van der Waals surface area contributed by atoms with Crippen molar-refractivity contribution < 1.29 is 9.18 Å². The Morgan fingerprint density at radius 1 is 1.25 bits per heavy atom. The lowest BCUT2D eigenvalue weighted by Gasteiger charge is -2.32. The van der Waals surface area contributed by atoms with Crippen LogP contribution in [0.3, 0.4) is 0 Å². The second-order valence-electron chi connectivity index (χ2n) is 6.13. The van der Waals surface area contributed by atoms with Crippen molar-refractivity contribution in [1.82, 2.24) is 10.6 Å². The minimum Gasteiger partial charge on any atom is -0.349 e. The van der Waals surface area contributed by atoms with Gasteiger partial charge in [0.1, 0.15) is 5.82 Å². The van der Waals surface area contributed by atoms with Gasteiger partial charge in [-0.1, -0.05) is 32.9 Å². The van der Waals surface area contributed by atoms with Gasteiger partial charge in [-0.25, -0.2) is 4.39 Å². The van der Waals surface area contributed by atoms with Crippen molar-refractivity contribution in [3.63, 3.8) is 0 Å². The van der Waals surface area contributed by atoms with E-state index in [0.717, 1.165) is 18.5 Å². The number of benzene rings is 1. The Bertz CT molecular complexity index is 423. The SMILES string of the molecule is CNCCCC(=O)NC(c1ccc(F)cc1)C(C)(C)C. The summed E-state index contributed by atoms with van der Waals surface area (Å²) in [5.41, 5.74) is 0.803. The van der Waals surface area contributed by atoms with Gasteiger partial charge in [0.2, 0.25) is 5.91 Å². The Kier molecular flexibility index (Phi) is 6.14. The molecule has 20 heavy (non-hydrogen) atoms. The average molecular weight is 280 g/mol. The van der Waals surface area contributed by atoms with Crippen molar-refractivity contribution in [2.45, 2.75) is 39.7 Å². The molecule has 4 heteroatoms. The zero-order chi connectivity index (χ0) is 15.2. The number of hydrogen-bond donors (Lipinski definition) is 2. The Morgan fingerprint density at radius 2 is 1.85 bits per heavy atom. The second kappa shape index (κ2) is 7.39. The lowest BCUT2D eigenvalue weighted by Crippen LogP contribution is -2.36. The zero-order valence-electron chi connectivity index (χ0n) is 12.8. The first-order chi connectivity index (χ1) is 9.34. The maximum absolute atomic E-state index is 13.0. The average Bonchev–Trinajstić information content (AvgIpc) is 2.36. The third-order valence-corrected chi connectivity index (χ3v) is 3.21. The number of rotatable bonds is 6. The monoisotopic (exact) mass is 280 g/mol. The predicted molar refractivity (Wildman–Crippen MR) is 79.9 cm³/mol. The van der Waals surface area contributed by atoms with Crippen LogP contribution in [0.4, 0.5) is 4.39 Å². The third-order valence-electron chi connectivity index (χ3n) is 3.21. The molecule has 0 aliphatic heterocycles. The summed E-state index contributed by atoms with van der Waals surface area (Å²) in [4.78, 5) is 12.0. The van der Waals surface area contributed by atoms with Crippen molar-refractivity contribution in [1.29, 1.82) is 0 Å². The van der Waals surface area contributed by atoms with E-state index in [1.54, 1.807) is 12.1 Å². The lowest BCUT2D eigenvalue weighted by atomic mass is 9.82. The molecule has 0 saturated heterocycles. The van der Waals surface area contributed by atoms with Crippen molar-refractivity contribution >= 4 is 5.91 Å². The van der Waals surface area contributed by atoms with Gasteiger partial charge in [-0.3, -0.25) is 4.79 Å². The van der Waals surface area contributed by atoms with E-state index in [9.17, 15) is 9.18 Å². The molecule has 1 aromatic rings. The van der Waals surface area contributed by atoms with Gasteiger partial charge in [-0.2, -0.15) is 0 Å². The number of hydrogen-bond acceptors (Lipinski definition) is 2. The van der Waals surface area contributed by atoms with E-state index < -0.39 is 0 Å². The molecule has 1 amide bonds. The molecule has 0 aromatic heterocycles. The van der Waals surface area contributed by atoms with E-state index in [1.165, 1.54) is 12.1 Å². The molecule has 0 radical (unpaired) electrons. The van der Waals surface area contributed by atoms with Gasteiger partial charge < -0.3 is 10.6 Å². The van der Waals surface area contributed by atoms with E-state index >= 15 is 0 Å². The normalized spacial score (nSPS) is 13.1. The summed E-state index contributed by atoms with van der Waals surface area (Å²) in [5.74, 6) is -0.230. The summed E-state index contributed by atoms with van der Waals surface area (Å²) in [7, 11) is 1.87. The highest BCUT2D eigenvalue weighted by atomic mass is 19.1. The third kappa shape index (κ3) is 5.29. The van der Waals surface area contributed by atoms with Crippen LogP contribution in [-0.2, 0) is 4.79 Å². The Morgan fingerprint density at radius 3 is 2.35 bits per heavy atom. The lowest BCUT2D eigenvalue weighted by molar-refractivity contribution is -0.122. The van der Waals surface area contributed by atoms with Gasteiger partial charge in [-0.15, -0.1) is 0 Å². The predicted octanol–water partition coefficient (Wildman–Crippen LogP) is 3.03. The van der Waals surface area contributed by atoms with Gasteiger partial charge in [0, 0.05) is 6.42 Å². The molecule has 1 aromatic carbocycles. The molecule has 0 heterocycles. The van der Waals surface area contributed by atoms with Gasteiger partial charge in [0.25, 0.3) is 0 Å². The summed E-state index contributed by atoms with van der Waals surface area (Å²) in [6.07, 6.45) is 1.30. The molecule has 0 aliphatic carbocycles. The first kappa shape index (κ1) is 16.6. The highest BCUT2D eigenvalue weighted by Gasteiger charge is 2.27. The van der Waals surface area contributed by atoms with Gasteiger partial charge >= 0.3 is 0 Å². The van der Waals surface area contributed by atoms with Crippen molar-refractivity contribution in [3.05, 3.63) is 35.6 Å². The standard InChI is InChI=1S/C16H25FN2O/c1-16(2,3)15(12-7-9-13(17)10-8-12)19-14(20)6-5-11-18-4/h7-10,15,18H,5-6,11H2,1-4H3,(H,19,20). The first-order valence-corrected chi connectivity index (χ1v) is 7.04. The molecule has 0 spiro atoms. The topological polar surface area (TPSA) is 41.1 Å². The molecule has 1 atom stereocenters. The number of amides is 1. The van der Waals surface area contributed by atoms with Crippen LogP contribution in [0.1, 0.15) is 45.2 Å². The smallest absolute Gasteiger partial charge is 0.220 e. The van der Waals surface area contributed by atoms with Crippen LogP contribution >= 0.6 is 0 Å². The molecule has 0 fully saturated rings. The second-order valence-corrected chi connectivity index (χ2v) is 6.13. The molecule has 0 bridgehead atoms. The zero-order valence-corrected chi connectivity index (χ0v) is 12.8. The van der Waals surface area contributed by atoms with Crippen LogP contribution in [0.25, 0.3) is 0 Å². The van der Waals surface area contributed by atoms with E-state index in [-0.39, 0.29) is 23.2 Å². The van der Waals surface area contributed by atoms with Crippen LogP contribution in [0.2, 0.25) is 0 Å². The molecule has 3 nitrogen and oxygen atoms in total. The van der Waals surface area contributed by atoms with E-state index in [2.05, 4.69) is 31.4 Å². The largest absolute Gasteiger partial charge is 0.349 e. The van der Waals surface area contributed by atoms with E-state index in [4.69, 9.17) is 0 Å². The highest BCUT2D eigenvalue weighted by molar-refractivity contribution is 5.76. The molecule has 1 unspecified atom stereocenters. The van der Waals surface area contributed by atoms with Crippen LogP contribution < -0.4 is 10.6 Å². The fourth-order valence-corrected chi connectivity index (χ4v) is 2.11. The van der Waals surface area contributed by atoms with Crippen molar-refractivity contribution in [2.24, 2.45) is 5.41 Å². The molecular formula is C16H25FN2O. The van der Waals surface area contributed by atoms with Gasteiger partial charge in [-0.05, 0) is 43.1 Å². The molecule has 0 saturated carbocycles. The number of nitrogens with one attached hydrogen (secondary N) is 2. The van der Waals surface area contributed by atoms with Crippen LogP contribution in [0.5, 0.6) is 0 Å². The fraction of sp³-hybridized carbons (Fsp3) is 0.562. The number of carbonyl (C=O) groups is 1. The number of halogens is 1. The Balaban J connectivity index is 2.76. The molecule has 2 N–H and O–H groups in total. The maximum atomic E-state index is 13.0. The summed E-state index contributed by atoms with van der Waals surface area (Å²) < 4.78 is 13.0. The van der Waals surface area contributed by atoms with Crippen LogP contribution in [-0.4, -0.2) is 19.5 Å². The Hall–Kier alpha value is -1.42. The van der Waals surface area contributed by atoms with Gasteiger partial charge in [0.05, 0.1) is 6.04 Å². The number of carbonyl (C=O) groups excluding carboxylic acids is 1. The van der Waals surface area contributed by atoms with Crippen LogP contribution in [0.15, 0.2) is 24.3 Å². The minimum absolute atomic E-state index is 0.0319. The molecule has 0 aliphatic rings. The molecular weight excluding hydrogens is 255 g/mol. The van der Waals surface area contributed by atoms with Crippen molar-refractivity contribution in [3.8, 4) is 0 Å². The maximum Gasteiger partial charge on any atom is 0.220 e. The first-order valence-electron chi connectivity index (χ1n) is 7.04. The quantitative estimate of drug-likeness (QED) is 0.786. The Labute approximate surface area is 121 Å². The van der Waals surface area contributed by atoms with E-state index in [0.29, 0.717) is 6.42 Å². The van der Waals surface area contributed by atoms with E-state index in [1.807, 2.05) is 7.05 Å². The summed E-state index contributed by atoms with van der Waals surface area (Å²) in [5, 5.41) is 6.09. The fourth-order valence-electron chi connectivity index (χ4n) is 2.11. The van der Waals surface area contributed by atoms with Gasteiger partial charge in [0.15, 0.2) is 0 Å². The van der Waals surface area contributed by atoms with Crippen molar-refractivity contribution in [2.75, 3.05) is 13.6 Å². The minimum atomic E-state index is -0.262. The molecule has 1 rings (SSSR count). The summed E-state index contributed by atoms with van der Waals surface area (Å²) >= 11 is 0. The summed E-state index contributed by atoms with van der Waals surface area (Å²) in [6.45, 7) is 7.02. The highest BCUT2D eigenvalue weighted by Crippen LogP contribution is 2.32. The summed E-state index contributed by atoms with van der Waals surface area (Å²) in [6, 6.07) is 6.21.